The fourth-order valence-electron chi connectivity index (χ4n) is 11.3. The number of rotatable bonds is 0. The van der Waals surface area contributed by atoms with E-state index in [1.807, 2.05) is 13.0 Å². The van der Waals surface area contributed by atoms with Crippen LogP contribution >= 0.6 is 0 Å². The van der Waals surface area contributed by atoms with Gasteiger partial charge in [-0.25, -0.2) is 4.79 Å². The van der Waals surface area contributed by atoms with Crippen LogP contribution in [0.5, 0.6) is 0 Å². The lowest BCUT2D eigenvalue weighted by Gasteiger charge is -2.63. The van der Waals surface area contributed by atoms with Gasteiger partial charge < -0.3 is 9.84 Å². The number of carbonyl (C=O) groups excluding carboxylic acids is 2. The topological polar surface area (TPSA) is 63.6 Å². The maximum Gasteiger partial charge on any atom is 0.333 e. The van der Waals surface area contributed by atoms with Gasteiger partial charge in [-0.3, -0.25) is 4.79 Å². The van der Waals surface area contributed by atoms with Crippen molar-refractivity contribution in [2.45, 2.75) is 105 Å². The number of carbonyl (C=O) groups is 2. The number of hydrogen-bond acceptors (Lipinski definition) is 4. The minimum Gasteiger partial charge on any atom is -0.462 e. The lowest BCUT2D eigenvalue weighted by Crippen LogP contribution is -2.59. The number of hydrogen-bond donors (Lipinski definition) is 1. The average molecular weight is 469 g/mol. The minimum atomic E-state index is -0.414. The van der Waals surface area contributed by atoms with E-state index in [2.05, 4.69) is 27.7 Å². The highest BCUT2D eigenvalue weighted by atomic mass is 16.5. The van der Waals surface area contributed by atoms with Crippen LogP contribution in [0.4, 0.5) is 0 Å². The van der Waals surface area contributed by atoms with Crippen LogP contribution in [0.2, 0.25) is 0 Å². The number of Topliss-reactive ketones (excluding diaryl/α,β-unsaturated/α-hetero) is 1. The van der Waals surface area contributed by atoms with Crippen molar-refractivity contribution in [2.24, 2.45) is 50.7 Å². The van der Waals surface area contributed by atoms with Gasteiger partial charge in [0.25, 0.3) is 0 Å². The zero-order valence-corrected chi connectivity index (χ0v) is 21.9. The normalized spacial score (nSPS) is 53.8. The van der Waals surface area contributed by atoms with Crippen molar-refractivity contribution < 1.29 is 19.4 Å². The second kappa shape index (κ2) is 6.99. The van der Waals surface area contributed by atoms with Crippen molar-refractivity contribution in [1.82, 2.24) is 0 Å². The van der Waals surface area contributed by atoms with E-state index < -0.39 is 6.10 Å². The van der Waals surface area contributed by atoms with Crippen LogP contribution in [0.1, 0.15) is 98.8 Å². The summed E-state index contributed by atoms with van der Waals surface area (Å²) in [5, 5.41) is 11.1. The van der Waals surface area contributed by atoms with Gasteiger partial charge in [-0.1, -0.05) is 33.8 Å². The molecule has 2 spiro atoms. The molecular weight excluding hydrogens is 424 g/mol. The van der Waals surface area contributed by atoms with Gasteiger partial charge in [-0.05, 0) is 105 Å². The van der Waals surface area contributed by atoms with Crippen molar-refractivity contribution >= 4 is 11.8 Å². The predicted molar refractivity (Wildman–Crippen MR) is 131 cm³/mol. The third kappa shape index (κ3) is 2.55. The first-order valence-electron chi connectivity index (χ1n) is 14.0. The highest BCUT2D eigenvalue weighted by molar-refractivity contribution is 5.87. The van der Waals surface area contributed by atoms with Gasteiger partial charge in [0.2, 0.25) is 0 Å². The van der Waals surface area contributed by atoms with Crippen molar-refractivity contribution in [3.05, 3.63) is 11.6 Å². The first kappa shape index (κ1) is 23.3. The van der Waals surface area contributed by atoms with Gasteiger partial charge in [0.05, 0.1) is 12.7 Å². The fourth-order valence-corrected chi connectivity index (χ4v) is 11.3. The molecule has 1 aliphatic heterocycles. The molecule has 1 N–H and O–H groups in total. The first-order valence-corrected chi connectivity index (χ1v) is 14.0. The Bertz CT molecular complexity index is 965. The molecule has 9 atom stereocenters. The molecule has 2 bridgehead atoms. The van der Waals surface area contributed by atoms with E-state index in [1.165, 1.54) is 12.8 Å². The van der Waals surface area contributed by atoms with E-state index in [1.54, 1.807) is 0 Å². The third-order valence-electron chi connectivity index (χ3n) is 13.3. The van der Waals surface area contributed by atoms with Gasteiger partial charge in [0.15, 0.2) is 0 Å². The minimum absolute atomic E-state index is 0.00968. The zero-order valence-electron chi connectivity index (χ0n) is 21.9. The van der Waals surface area contributed by atoms with Crippen LogP contribution in [0.3, 0.4) is 0 Å². The second-order valence-corrected chi connectivity index (χ2v) is 14.2. The van der Waals surface area contributed by atoms with E-state index >= 15 is 0 Å². The van der Waals surface area contributed by atoms with Gasteiger partial charge in [-0.2, -0.15) is 0 Å². The Morgan fingerprint density at radius 1 is 0.941 bits per heavy atom. The molecule has 5 unspecified atom stereocenters. The number of aliphatic hydroxyl groups is 1. The van der Waals surface area contributed by atoms with Crippen molar-refractivity contribution in [2.75, 3.05) is 6.61 Å². The number of ketones is 1. The number of cyclic esters (lactones) is 1. The SMILES string of the molecule is CC1=CCC(O)C(C)C2CC[C@@]3(COC1=O)[C@H]1CCC4C(C)(C)C(=O)CC[C@@]45CC15CC[C@]23C. The molecule has 0 saturated heterocycles. The van der Waals surface area contributed by atoms with Crippen molar-refractivity contribution in [3.63, 3.8) is 0 Å². The van der Waals surface area contributed by atoms with Gasteiger partial charge >= 0.3 is 5.97 Å². The molecule has 0 aromatic rings. The Kier molecular flexibility index (Phi) is 4.78. The van der Waals surface area contributed by atoms with Gasteiger partial charge in [-0.15, -0.1) is 0 Å². The summed E-state index contributed by atoms with van der Waals surface area (Å²) in [5.41, 5.74) is 1.14. The molecule has 5 saturated carbocycles. The molecule has 1 heterocycles. The summed E-state index contributed by atoms with van der Waals surface area (Å²) in [7, 11) is 0. The van der Waals surface area contributed by atoms with Gasteiger partial charge in [0, 0.05) is 22.8 Å². The highest BCUT2D eigenvalue weighted by Gasteiger charge is 2.83. The van der Waals surface area contributed by atoms with E-state index in [0.29, 0.717) is 53.0 Å². The first-order chi connectivity index (χ1) is 16.0. The fraction of sp³-hybridized carbons (Fsp3) is 0.867. The maximum absolute atomic E-state index is 13.0. The Morgan fingerprint density at radius 2 is 1.65 bits per heavy atom. The standard InChI is InChI=1S/C30H44O4/c1-18-6-7-21(31)19(2)20-10-12-30(17-34-25(18)33)23-9-8-22-26(3,4)24(32)11-13-28(22)16-29(23,28)15-14-27(20,30)5/h6,19-23,31H,7-17H2,1-5H3/t19?,20?,21?,22?,23-,27+,28+,29?,30+/m0/s1. The summed E-state index contributed by atoms with van der Waals surface area (Å²) in [6.07, 6.45) is 12.0. The molecule has 5 fully saturated rings. The number of esters is 1. The molecular formula is C30H44O4. The smallest absolute Gasteiger partial charge is 0.333 e. The molecule has 0 aromatic heterocycles. The predicted octanol–water partition coefficient (Wildman–Crippen LogP) is 5.86. The molecule has 188 valence electrons. The molecule has 4 nitrogen and oxygen atoms in total. The summed E-state index contributed by atoms with van der Waals surface area (Å²) in [6.45, 7) is 11.5. The van der Waals surface area contributed by atoms with Crippen molar-refractivity contribution in [1.29, 1.82) is 0 Å². The summed E-state index contributed by atoms with van der Waals surface area (Å²) >= 11 is 0. The Balaban J connectivity index is 1.43. The Labute approximate surface area is 205 Å². The molecule has 0 radical (unpaired) electrons. The molecule has 34 heavy (non-hydrogen) atoms. The van der Waals surface area contributed by atoms with Crippen LogP contribution in [0.15, 0.2) is 11.6 Å². The van der Waals surface area contributed by atoms with E-state index in [9.17, 15) is 14.7 Å². The van der Waals surface area contributed by atoms with E-state index in [-0.39, 0.29) is 28.1 Å². The largest absolute Gasteiger partial charge is 0.462 e. The molecule has 4 heteroatoms. The zero-order chi connectivity index (χ0) is 24.3. The molecule has 0 aromatic carbocycles. The summed E-state index contributed by atoms with van der Waals surface area (Å²) in [5.74, 6) is 2.01. The number of aliphatic hydroxyl groups excluding tert-OH is 1. The van der Waals surface area contributed by atoms with E-state index in [4.69, 9.17) is 4.74 Å². The molecule has 5 aliphatic carbocycles. The third-order valence-corrected chi connectivity index (χ3v) is 13.3. The Morgan fingerprint density at radius 3 is 2.41 bits per heavy atom. The monoisotopic (exact) mass is 468 g/mol. The average Bonchev–Trinajstić information content (AvgIpc) is 3.37. The highest BCUT2D eigenvalue weighted by Crippen LogP contribution is 2.88. The lowest BCUT2D eigenvalue weighted by atomic mass is 9.41. The summed E-state index contributed by atoms with van der Waals surface area (Å²) < 4.78 is 6.17. The molecule has 0 amide bonds. The quantitative estimate of drug-likeness (QED) is 0.452. The Hall–Kier alpha value is -1.16. The summed E-state index contributed by atoms with van der Waals surface area (Å²) in [4.78, 5) is 25.9. The van der Waals surface area contributed by atoms with Crippen LogP contribution in [0, 0.1) is 50.7 Å². The summed E-state index contributed by atoms with van der Waals surface area (Å²) in [6, 6.07) is 0. The van der Waals surface area contributed by atoms with Crippen LogP contribution in [-0.2, 0) is 14.3 Å². The maximum atomic E-state index is 13.0. The molecule has 6 aliphatic rings. The van der Waals surface area contributed by atoms with Crippen LogP contribution in [0.25, 0.3) is 0 Å². The molecule has 6 rings (SSSR count). The second-order valence-electron chi connectivity index (χ2n) is 14.2. The number of ether oxygens (including phenoxy) is 1. The van der Waals surface area contributed by atoms with Crippen molar-refractivity contribution in [3.8, 4) is 0 Å². The lowest BCUT2D eigenvalue weighted by molar-refractivity contribution is -0.184. The van der Waals surface area contributed by atoms with Gasteiger partial charge in [0.1, 0.15) is 5.78 Å². The van der Waals surface area contributed by atoms with Crippen LogP contribution < -0.4 is 0 Å². The van der Waals surface area contributed by atoms with Crippen LogP contribution in [-0.4, -0.2) is 29.6 Å². The van der Waals surface area contributed by atoms with E-state index in [0.717, 1.165) is 44.9 Å².